The number of halogens is 5. The predicted octanol–water partition coefficient (Wildman–Crippen LogP) is 0.679. The fourth-order valence-corrected chi connectivity index (χ4v) is 2.25. The molecule has 0 radical (unpaired) electrons. The molecule has 0 saturated carbocycles. The first kappa shape index (κ1) is 22.0. The average Bonchev–Trinajstić information content (AvgIpc) is 2.91. The number of amides is 1. The Morgan fingerprint density at radius 1 is 1.30 bits per heavy atom. The van der Waals surface area contributed by atoms with Crippen molar-refractivity contribution in [2.45, 2.75) is 18.8 Å². The topological polar surface area (TPSA) is 62.2 Å². The molecule has 1 aliphatic heterocycles. The van der Waals surface area contributed by atoms with Gasteiger partial charge in [0, 0.05) is 45.1 Å². The van der Waals surface area contributed by atoms with E-state index in [0.717, 1.165) is 0 Å². The van der Waals surface area contributed by atoms with Gasteiger partial charge >= 0.3 is 6.18 Å². The summed E-state index contributed by atoms with van der Waals surface area (Å²) in [6.07, 6.45) is -1.28. The SMILES string of the molecule is Cl.Cl.O=C(Cn1cccn1)NCC(N1CCNCC1)C(F)(F)F. The van der Waals surface area contributed by atoms with Crippen LogP contribution in [0.2, 0.25) is 0 Å². The molecule has 1 aliphatic rings. The Labute approximate surface area is 144 Å². The Morgan fingerprint density at radius 2 is 1.96 bits per heavy atom. The summed E-state index contributed by atoms with van der Waals surface area (Å²) in [4.78, 5) is 13.0. The molecule has 0 aromatic carbocycles. The minimum Gasteiger partial charge on any atom is -0.353 e. The van der Waals surface area contributed by atoms with Crippen molar-refractivity contribution in [3.05, 3.63) is 18.5 Å². The molecule has 11 heteroatoms. The number of rotatable bonds is 5. The first-order valence-electron chi connectivity index (χ1n) is 6.72. The average molecular weight is 378 g/mol. The zero-order chi connectivity index (χ0) is 15.3. The number of piperazine rings is 1. The van der Waals surface area contributed by atoms with Crippen molar-refractivity contribution in [3.8, 4) is 0 Å². The van der Waals surface area contributed by atoms with Crippen LogP contribution >= 0.6 is 24.8 Å². The first-order chi connectivity index (χ1) is 9.97. The highest BCUT2D eigenvalue weighted by atomic mass is 35.5. The lowest BCUT2D eigenvalue weighted by molar-refractivity contribution is -0.184. The fourth-order valence-electron chi connectivity index (χ4n) is 2.25. The number of alkyl halides is 3. The maximum absolute atomic E-state index is 13.1. The third kappa shape index (κ3) is 6.94. The molecule has 1 unspecified atom stereocenters. The van der Waals surface area contributed by atoms with Gasteiger partial charge in [0.1, 0.15) is 12.6 Å². The molecule has 23 heavy (non-hydrogen) atoms. The second kappa shape index (κ2) is 9.96. The highest BCUT2D eigenvalue weighted by molar-refractivity contribution is 5.85. The molecule has 2 rings (SSSR count). The second-order valence-corrected chi connectivity index (χ2v) is 4.85. The molecule has 2 heterocycles. The van der Waals surface area contributed by atoms with Gasteiger partial charge in [-0.1, -0.05) is 0 Å². The van der Waals surface area contributed by atoms with E-state index in [1.807, 2.05) is 0 Å². The van der Waals surface area contributed by atoms with Crippen LogP contribution in [0, 0.1) is 0 Å². The first-order valence-corrected chi connectivity index (χ1v) is 6.72. The number of nitrogens with zero attached hydrogens (tertiary/aromatic N) is 3. The van der Waals surface area contributed by atoms with Gasteiger partial charge < -0.3 is 10.6 Å². The monoisotopic (exact) mass is 377 g/mol. The van der Waals surface area contributed by atoms with Gasteiger partial charge in [-0.2, -0.15) is 18.3 Å². The smallest absolute Gasteiger partial charge is 0.353 e. The summed E-state index contributed by atoms with van der Waals surface area (Å²) in [6.45, 7) is 1.16. The van der Waals surface area contributed by atoms with Gasteiger partial charge in [-0.3, -0.25) is 14.4 Å². The predicted molar refractivity (Wildman–Crippen MR) is 84.0 cm³/mol. The van der Waals surface area contributed by atoms with E-state index in [2.05, 4.69) is 15.7 Å². The molecule has 0 aliphatic carbocycles. The maximum atomic E-state index is 13.1. The van der Waals surface area contributed by atoms with Crippen LogP contribution in [0.25, 0.3) is 0 Å². The third-order valence-electron chi connectivity index (χ3n) is 3.33. The Morgan fingerprint density at radius 3 is 2.48 bits per heavy atom. The van der Waals surface area contributed by atoms with E-state index < -0.39 is 24.7 Å². The summed E-state index contributed by atoms with van der Waals surface area (Å²) in [5.74, 6) is -0.483. The number of nitrogens with one attached hydrogen (secondary N) is 2. The highest BCUT2D eigenvalue weighted by Crippen LogP contribution is 2.24. The number of carbonyl (C=O) groups is 1. The molecule has 1 aromatic heterocycles. The lowest BCUT2D eigenvalue weighted by Gasteiger charge is -2.35. The van der Waals surface area contributed by atoms with Crippen molar-refractivity contribution in [2.24, 2.45) is 0 Å². The van der Waals surface area contributed by atoms with E-state index in [-0.39, 0.29) is 31.4 Å². The number of hydrogen-bond acceptors (Lipinski definition) is 4. The van der Waals surface area contributed by atoms with Crippen molar-refractivity contribution in [1.29, 1.82) is 0 Å². The Balaban J connectivity index is 0.00000242. The van der Waals surface area contributed by atoms with Crippen molar-refractivity contribution < 1.29 is 18.0 Å². The Hall–Kier alpha value is -1.03. The van der Waals surface area contributed by atoms with E-state index in [1.54, 1.807) is 12.3 Å². The molecule has 0 bridgehead atoms. The molecule has 1 fully saturated rings. The Kier molecular flexibility index (Phi) is 9.52. The summed E-state index contributed by atoms with van der Waals surface area (Å²) in [5.41, 5.74) is 0. The van der Waals surface area contributed by atoms with Crippen LogP contribution in [-0.2, 0) is 11.3 Å². The lowest BCUT2D eigenvalue weighted by atomic mass is 10.2. The van der Waals surface area contributed by atoms with Crippen LogP contribution in [-0.4, -0.2) is 65.5 Å². The summed E-state index contributed by atoms with van der Waals surface area (Å²) >= 11 is 0. The van der Waals surface area contributed by atoms with Crippen molar-refractivity contribution in [2.75, 3.05) is 32.7 Å². The quantitative estimate of drug-likeness (QED) is 0.791. The third-order valence-corrected chi connectivity index (χ3v) is 3.33. The molecular formula is C12H20Cl2F3N5O. The van der Waals surface area contributed by atoms with Crippen LogP contribution in [0.5, 0.6) is 0 Å². The summed E-state index contributed by atoms with van der Waals surface area (Å²) in [6, 6.07) is -0.00633. The van der Waals surface area contributed by atoms with Gasteiger partial charge in [-0.15, -0.1) is 24.8 Å². The van der Waals surface area contributed by atoms with E-state index in [9.17, 15) is 18.0 Å². The van der Waals surface area contributed by atoms with Gasteiger partial charge in [0.25, 0.3) is 0 Å². The maximum Gasteiger partial charge on any atom is 0.405 e. The van der Waals surface area contributed by atoms with Crippen LogP contribution in [0.15, 0.2) is 18.5 Å². The van der Waals surface area contributed by atoms with Crippen LogP contribution in [0.4, 0.5) is 13.2 Å². The number of hydrogen-bond donors (Lipinski definition) is 2. The highest BCUT2D eigenvalue weighted by Gasteiger charge is 2.43. The van der Waals surface area contributed by atoms with Gasteiger partial charge in [0.2, 0.25) is 5.91 Å². The number of aromatic nitrogens is 2. The van der Waals surface area contributed by atoms with Crippen molar-refractivity contribution >= 4 is 30.7 Å². The largest absolute Gasteiger partial charge is 0.405 e. The van der Waals surface area contributed by atoms with Gasteiger partial charge in [-0.05, 0) is 6.07 Å². The summed E-state index contributed by atoms with van der Waals surface area (Å²) in [7, 11) is 0. The van der Waals surface area contributed by atoms with Crippen molar-refractivity contribution in [3.63, 3.8) is 0 Å². The van der Waals surface area contributed by atoms with Crippen molar-refractivity contribution in [1.82, 2.24) is 25.3 Å². The van der Waals surface area contributed by atoms with E-state index in [4.69, 9.17) is 0 Å². The van der Waals surface area contributed by atoms with E-state index >= 15 is 0 Å². The zero-order valence-electron chi connectivity index (χ0n) is 12.3. The lowest BCUT2D eigenvalue weighted by Crippen LogP contribution is -2.57. The molecular weight excluding hydrogens is 358 g/mol. The Bertz CT molecular complexity index is 452. The van der Waals surface area contributed by atoms with E-state index in [0.29, 0.717) is 26.2 Å². The molecule has 6 nitrogen and oxygen atoms in total. The van der Waals surface area contributed by atoms with Crippen LogP contribution in [0.1, 0.15) is 0 Å². The molecule has 0 spiro atoms. The van der Waals surface area contributed by atoms with E-state index in [1.165, 1.54) is 15.8 Å². The second-order valence-electron chi connectivity index (χ2n) is 4.85. The zero-order valence-corrected chi connectivity index (χ0v) is 13.9. The minimum absolute atomic E-state index is 0. The molecule has 2 N–H and O–H groups in total. The molecule has 1 saturated heterocycles. The van der Waals surface area contributed by atoms with Crippen LogP contribution in [0.3, 0.4) is 0 Å². The summed E-state index contributed by atoms with van der Waals surface area (Å²) in [5, 5.41) is 9.19. The van der Waals surface area contributed by atoms with Gasteiger partial charge in [-0.25, -0.2) is 0 Å². The fraction of sp³-hybridized carbons (Fsp3) is 0.667. The minimum atomic E-state index is -4.36. The van der Waals surface area contributed by atoms with Gasteiger partial charge in [0.15, 0.2) is 0 Å². The molecule has 1 atom stereocenters. The molecule has 1 aromatic rings. The normalized spacial score (nSPS) is 16.8. The summed E-state index contributed by atoms with van der Waals surface area (Å²) < 4.78 is 40.7. The number of carbonyl (C=O) groups excluding carboxylic acids is 1. The molecule has 134 valence electrons. The van der Waals surface area contributed by atoms with Crippen LogP contribution < -0.4 is 10.6 Å². The molecule has 1 amide bonds. The standard InChI is InChI=1S/C12H18F3N5O.2ClH/c13-12(14,15)10(19-6-3-16-4-7-19)8-17-11(21)9-20-5-1-2-18-20;;/h1-2,5,10,16H,3-4,6-9H2,(H,17,21);2*1H. The van der Waals surface area contributed by atoms with Gasteiger partial charge in [0.05, 0.1) is 0 Å².